The van der Waals surface area contributed by atoms with Crippen LogP contribution in [-0.2, 0) is 7.05 Å². The maximum Gasteiger partial charge on any atom is 0.0991 e. The number of benzene rings is 1. The zero-order valence-electron chi connectivity index (χ0n) is 11.0. The van der Waals surface area contributed by atoms with Crippen LogP contribution in [0.2, 0.25) is 0 Å². The minimum Gasteiger partial charge on any atom is -0.387 e. The molecule has 2 aromatic rings. The summed E-state index contributed by atoms with van der Waals surface area (Å²) in [5, 5.41) is 26.2. The first-order chi connectivity index (χ1) is 9.10. The number of hydrogen-bond donors (Lipinski definition) is 2. The quantitative estimate of drug-likeness (QED) is 0.874. The second-order valence-electron chi connectivity index (χ2n) is 4.43. The van der Waals surface area contributed by atoms with Gasteiger partial charge in [-0.1, -0.05) is 12.1 Å². The average Bonchev–Trinajstić information content (AvgIpc) is 2.74. The van der Waals surface area contributed by atoms with E-state index in [1.165, 1.54) is 0 Å². The third-order valence-electron chi connectivity index (χ3n) is 2.92. The van der Waals surface area contributed by atoms with E-state index < -0.39 is 6.10 Å². The molecule has 0 saturated heterocycles. The van der Waals surface area contributed by atoms with Crippen LogP contribution < -0.4 is 5.32 Å². The lowest BCUT2D eigenvalue weighted by Gasteiger charge is -2.12. The van der Waals surface area contributed by atoms with E-state index in [2.05, 4.69) is 16.5 Å². The fraction of sp³-hybridized carbons (Fsp3) is 0.286. The average molecular weight is 256 g/mol. The Morgan fingerprint density at radius 2 is 2.11 bits per heavy atom. The molecule has 0 saturated carbocycles. The third-order valence-corrected chi connectivity index (χ3v) is 2.92. The van der Waals surface area contributed by atoms with Gasteiger partial charge in [-0.2, -0.15) is 10.4 Å². The molecular weight excluding hydrogens is 240 g/mol. The largest absolute Gasteiger partial charge is 0.387 e. The number of aliphatic hydroxyl groups excluding tert-OH is 1. The summed E-state index contributed by atoms with van der Waals surface area (Å²) in [7, 11) is 1.86. The van der Waals surface area contributed by atoms with Gasteiger partial charge in [0.15, 0.2) is 0 Å². The Labute approximate surface area is 112 Å². The molecule has 5 heteroatoms. The van der Waals surface area contributed by atoms with Gasteiger partial charge in [-0.3, -0.25) is 4.68 Å². The standard InChI is InChI=1S/C14H16N4O/c1-10-13(9-18(2)17-10)16-8-14(19)12-5-3-11(7-15)4-6-12/h3-6,9,14,16,19H,8H2,1-2H3. The molecule has 5 nitrogen and oxygen atoms in total. The lowest BCUT2D eigenvalue weighted by atomic mass is 10.1. The lowest BCUT2D eigenvalue weighted by molar-refractivity contribution is 0.191. The van der Waals surface area contributed by atoms with Gasteiger partial charge in [0.2, 0.25) is 0 Å². The molecule has 98 valence electrons. The van der Waals surface area contributed by atoms with Crippen LogP contribution in [0.25, 0.3) is 0 Å². The van der Waals surface area contributed by atoms with E-state index in [4.69, 9.17) is 5.26 Å². The Balaban J connectivity index is 1.99. The third kappa shape index (κ3) is 3.12. The zero-order chi connectivity index (χ0) is 13.8. The molecule has 0 aliphatic rings. The minimum atomic E-state index is -0.618. The SMILES string of the molecule is Cc1nn(C)cc1NCC(O)c1ccc(C#N)cc1. The van der Waals surface area contributed by atoms with Gasteiger partial charge in [-0.05, 0) is 24.6 Å². The number of aliphatic hydroxyl groups is 1. The molecule has 0 aliphatic heterocycles. The molecule has 0 fully saturated rings. The van der Waals surface area contributed by atoms with Crippen molar-refractivity contribution in [3.8, 4) is 6.07 Å². The Kier molecular flexibility index (Phi) is 3.83. The normalized spacial score (nSPS) is 11.9. The number of rotatable bonds is 4. The Bertz CT molecular complexity index is 595. The Morgan fingerprint density at radius 1 is 1.42 bits per heavy atom. The highest BCUT2D eigenvalue weighted by Gasteiger charge is 2.09. The number of anilines is 1. The molecular formula is C14H16N4O. The molecule has 2 rings (SSSR count). The maximum absolute atomic E-state index is 10.1. The molecule has 1 aromatic carbocycles. The van der Waals surface area contributed by atoms with E-state index >= 15 is 0 Å². The maximum atomic E-state index is 10.1. The van der Waals surface area contributed by atoms with Crippen molar-refractivity contribution in [1.82, 2.24) is 9.78 Å². The Hall–Kier alpha value is -2.32. The highest BCUT2D eigenvalue weighted by atomic mass is 16.3. The first kappa shape index (κ1) is 13.1. The molecule has 0 bridgehead atoms. The van der Waals surface area contributed by atoms with Crippen LogP contribution in [0.1, 0.15) is 22.9 Å². The van der Waals surface area contributed by atoms with Crippen molar-refractivity contribution in [3.63, 3.8) is 0 Å². The molecule has 0 aliphatic carbocycles. The van der Waals surface area contributed by atoms with Gasteiger partial charge >= 0.3 is 0 Å². The first-order valence-electron chi connectivity index (χ1n) is 6.02. The molecule has 1 unspecified atom stereocenters. The van der Waals surface area contributed by atoms with Crippen molar-refractivity contribution in [2.24, 2.45) is 7.05 Å². The summed E-state index contributed by atoms with van der Waals surface area (Å²) < 4.78 is 1.73. The van der Waals surface area contributed by atoms with E-state index in [1.54, 1.807) is 28.9 Å². The summed E-state index contributed by atoms with van der Waals surface area (Å²) in [5.41, 5.74) is 3.18. The van der Waals surface area contributed by atoms with Gasteiger partial charge in [0.25, 0.3) is 0 Å². The van der Waals surface area contributed by atoms with E-state index in [-0.39, 0.29) is 0 Å². The van der Waals surface area contributed by atoms with Crippen LogP contribution in [0.15, 0.2) is 30.5 Å². The second kappa shape index (κ2) is 5.55. The molecule has 1 atom stereocenters. The minimum absolute atomic E-state index is 0.401. The zero-order valence-corrected chi connectivity index (χ0v) is 11.0. The molecule has 19 heavy (non-hydrogen) atoms. The van der Waals surface area contributed by atoms with E-state index in [0.717, 1.165) is 16.9 Å². The summed E-state index contributed by atoms with van der Waals surface area (Å²) in [6.45, 7) is 2.31. The van der Waals surface area contributed by atoms with Crippen molar-refractivity contribution >= 4 is 5.69 Å². The summed E-state index contributed by atoms with van der Waals surface area (Å²) in [5.74, 6) is 0. The summed E-state index contributed by atoms with van der Waals surface area (Å²) in [6, 6.07) is 8.99. The van der Waals surface area contributed by atoms with E-state index in [9.17, 15) is 5.11 Å². The topological polar surface area (TPSA) is 73.9 Å². The molecule has 0 amide bonds. The van der Waals surface area contributed by atoms with Gasteiger partial charge in [0.05, 0.1) is 29.1 Å². The van der Waals surface area contributed by atoms with Gasteiger partial charge in [0, 0.05) is 19.8 Å². The van der Waals surface area contributed by atoms with Crippen LogP contribution in [0.5, 0.6) is 0 Å². The first-order valence-corrected chi connectivity index (χ1v) is 6.02. The fourth-order valence-electron chi connectivity index (χ4n) is 1.88. The van der Waals surface area contributed by atoms with Gasteiger partial charge in [-0.15, -0.1) is 0 Å². The van der Waals surface area contributed by atoms with E-state index in [0.29, 0.717) is 12.1 Å². The smallest absolute Gasteiger partial charge is 0.0991 e. The monoisotopic (exact) mass is 256 g/mol. The highest BCUT2D eigenvalue weighted by molar-refractivity contribution is 5.45. The van der Waals surface area contributed by atoms with Crippen molar-refractivity contribution in [1.29, 1.82) is 5.26 Å². The van der Waals surface area contributed by atoms with Crippen molar-refractivity contribution < 1.29 is 5.11 Å². The number of nitrogens with one attached hydrogen (secondary N) is 1. The summed E-state index contributed by atoms with van der Waals surface area (Å²) in [4.78, 5) is 0. The summed E-state index contributed by atoms with van der Waals surface area (Å²) in [6.07, 6.45) is 1.26. The highest BCUT2D eigenvalue weighted by Crippen LogP contribution is 2.17. The number of hydrogen-bond acceptors (Lipinski definition) is 4. The predicted octanol–water partition coefficient (Wildman–Crippen LogP) is 1.75. The molecule has 2 N–H and O–H groups in total. The fourth-order valence-corrected chi connectivity index (χ4v) is 1.88. The second-order valence-corrected chi connectivity index (χ2v) is 4.43. The molecule has 1 aromatic heterocycles. The van der Waals surface area contributed by atoms with Crippen LogP contribution in [0.3, 0.4) is 0 Å². The lowest BCUT2D eigenvalue weighted by Crippen LogP contribution is -2.12. The van der Waals surface area contributed by atoms with Crippen molar-refractivity contribution in [2.75, 3.05) is 11.9 Å². The van der Waals surface area contributed by atoms with E-state index in [1.807, 2.05) is 20.2 Å². The number of nitrogens with zero attached hydrogens (tertiary/aromatic N) is 3. The number of aryl methyl sites for hydroxylation is 2. The number of aromatic nitrogens is 2. The van der Waals surface area contributed by atoms with Crippen LogP contribution >= 0.6 is 0 Å². The van der Waals surface area contributed by atoms with Gasteiger partial charge in [0.1, 0.15) is 0 Å². The van der Waals surface area contributed by atoms with Crippen LogP contribution in [-0.4, -0.2) is 21.4 Å². The van der Waals surface area contributed by atoms with Gasteiger partial charge < -0.3 is 10.4 Å². The molecule has 1 heterocycles. The predicted molar refractivity (Wildman–Crippen MR) is 72.6 cm³/mol. The Morgan fingerprint density at radius 3 is 2.63 bits per heavy atom. The van der Waals surface area contributed by atoms with Crippen LogP contribution in [0.4, 0.5) is 5.69 Å². The van der Waals surface area contributed by atoms with Crippen molar-refractivity contribution in [2.45, 2.75) is 13.0 Å². The van der Waals surface area contributed by atoms with Crippen LogP contribution in [0, 0.1) is 18.3 Å². The number of nitriles is 1. The van der Waals surface area contributed by atoms with Gasteiger partial charge in [-0.25, -0.2) is 0 Å². The molecule has 0 spiro atoms. The molecule has 0 radical (unpaired) electrons. The van der Waals surface area contributed by atoms with Crippen molar-refractivity contribution in [3.05, 3.63) is 47.3 Å². The summed E-state index contributed by atoms with van der Waals surface area (Å²) >= 11 is 0.